The zero-order valence-corrected chi connectivity index (χ0v) is 10.7. The van der Waals surface area contributed by atoms with Gasteiger partial charge in [-0.25, -0.2) is 0 Å². The van der Waals surface area contributed by atoms with Crippen molar-refractivity contribution in [2.24, 2.45) is 0 Å². The molecular weight excluding hydrogens is 220 g/mol. The second kappa shape index (κ2) is 7.27. The number of rotatable bonds is 6. The van der Waals surface area contributed by atoms with Crippen molar-refractivity contribution in [1.29, 1.82) is 0 Å². The molecule has 1 N–H and O–H groups in total. The molecule has 98 valence electrons. The second-order valence-corrected chi connectivity index (χ2v) is 4.28. The summed E-state index contributed by atoms with van der Waals surface area (Å²) < 4.78 is 4.66. The Morgan fingerprint density at radius 2 is 2.00 bits per heavy atom. The van der Waals surface area contributed by atoms with Crippen molar-refractivity contribution in [2.45, 2.75) is 38.6 Å². The van der Waals surface area contributed by atoms with E-state index in [0.29, 0.717) is 19.4 Å². The first-order valence-corrected chi connectivity index (χ1v) is 6.28. The summed E-state index contributed by atoms with van der Waals surface area (Å²) in [5, 5.41) is 3.05. The smallest absolute Gasteiger partial charge is 0.322 e. The molecule has 5 heteroatoms. The van der Waals surface area contributed by atoms with E-state index in [1.54, 1.807) is 0 Å². The summed E-state index contributed by atoms with van der Waals surface area (Å²) in [7, 11) is 1.38. The number of hydrogen-bond acceptors (Lipinski definition) is 4. The predicted octanol–water partition coefficient (Wildman–Crippen LogP) is 0.540. The Hall–Kier alpha value is -1.10. The number of ether oxygens (including phenoxy) is 1. The number of carbonyl (C=O) groups excluding carboxylic acids is 2. The van der Waals surface area contributed by atoms with Gasteiger partial charge < -0.3 is 15.0 Å². The highest BCUT2D eigenvalue weighted by Crippen LogP contribution is 2.08. The zero-order chi connectivity index (χ0) is 12.7. The summed E-state index contributed by atoms with van der Waals surface area (Å²) >= 11 is 0. The van der Waals surface area contributed by atoms with Crippen LogP contribution in [0, 0.1) is 0 Å². The topological polar surface area (TPSA) is 58.6 Å². The largest absolute Gasteiger partial charge is 0.468 e. The molecule has 0 spiro atoms. The summed E-state index contributed by atoms with van der Waals surface area (Å²) in [5.74, 6) is -0.0872. The molecule has 0 aliphatic carbocycles. The lowest BCUT2D eigenvalue weighted by Crippen LogP contribution is -2.39. The summed E-state index contributed by atoms with van der Waals surface area (Å²) in [6.07, 6.45) is 3.34. The van der Waals surface area contributed by atoms with Crippen molar-refractivity contribution in [1.82, 2.24) is 10.2 Å². The fourth-order valence-corrected chi connectivity index (χ4v) is 2.01. The Morgan fingerprint density at radius 1 is 1.35 bits per heavy atom. The zero-order valence-electron chi connectivity index (χ0n) is 10.7. The van der Waals surface area contributed by atoms with Gasteiger partial charge in [0.1, 0.15) is 6.04 Å². The van der Waals surface area contributed by atoms with E-state index in [2.05, 4.69) is 10.1 Å². The number of amides is 1. The second-order valence-electron chi connectivity index (χ2n) is 4.28. The predicted molar refractivity (Wildman–Crippen MR) is 64.5 cm³/mol. The Bertz CT molecular complexity index is 262. The highest BCUT2D eigenvalue weighted by molar-refractivity contribution is 5.77. The molecule has 1 rings (SSSR count). The van der Waals surface area contributed by atoms with E-state index < -0.39 is 0 Å². The SMILES string of the molecule is CCC(NCCC(=O)N1CCCC1)C(=O)OC. The lowest BCUT2D eigenvalue weighted by molar-refractivity contribution is -0.143. The van der Waals surface area contributed by atoms with E-state index >= 15 is 0 Å². The molecule has 0 bridgehead atoms. The molecule has 1 saturated heterocycles. The number of nitrogens with one attached hydrogen (secondary N) is 1. The number of esters is 1. The van der Waals surface area contributed by atoms with Crippen LogP contribution >= 0.6 is 0 Å². The van der Waals surface area contributed by atoms with E-state index in [1.165, 1.54) is 7.11 Å². The van der Waals surface area contributed by atoms with Crippen molar-refractivity contribution in [3.8, 4) is 0 Å². The van der Waals surface area contributed by atoms with Crippen molar-refractivity contribution >= 4 is 11.9 Å². The van der Waals surface area contributed by atoms with Crippen molar-refractivity contribution in [3.63, 3.8) is 0 Å². The molecule has 1 aliphatic heterocycles. The van der Waals surface area contributed by atoms with Gasteiger partial charge in [-0.3, -0.25) is 9.59 Å². The maximum Gasteiger partial charge on any atom is 0.322 e. The molecule has 0 saturated carbocycles. The van der Waals surface area contributed by atoms with E-state index in [4.69, 9.17) is 0 Å². The number of hydrogen-bond donors (Lipinski definition) is 1. The van der Waals surface area contributed by atoms with E-state index in [9.17, 15) is 9.59 Å². The van der Waals surface area contributed by atoms with Gasteiger partial charge in [-0.05, 0) is 19.3 Å². The molecule has 1 heterocycles. The van der Waals surface area contributed by atoms with Gasteiger partial charge in [0, 0.05) is 26.1 Å². The highest BCUT2D eigenvalue weighted by Gasteiger charge is 2.19. The van der Waals surface area contributed by atoms with Gasteiger partial charge >= 0.3 is 5.97 Å². The molecule has 1 aliphatic rings. The van der Waals surface area contributed by atoms with Crippen LogP contribution in [0.5, 0.6) is 0 Å². The first kappa shape index (κ1) is 14.0. The Morgan fingerprint density at radius 3 is 2.53 bits per heavy atom. The third kappa shape index (κ3) is 4.34. The van der Waals surface area contributed by atoms with Gasteiger partial charge in [-0.1, -0.05) is 6.92 Å². The van der Waals surface area contributed by atoms with Crippen molar-refractivity contribution in [2.75, 3.05) is 26.7 Å². The molecule has 17 heavy (non-hydrogen) atoms. The standard InChI is InChI=1S/C12H22N2O3/c1-3-10(12(16)17-2)13-7-6-11(15)14-8-4-5-9-14/h10,13H,3-9H2,1-2H3. The Kier molecular flexibility index (Phi) is 5.97. The van der Waals surface area contributed by atoms with Gasteiger partial charge in [-0.15, -0.1) is 0 Å². The molecule has 5 nitrogen and oxygen atoms in total. The van der Waals surface area contributed by atoms with Crippen molar-refractivity contribution < 1.29 is 14.3 Å². The number of likely N-dealkylation sites (tertiary alicyclic amines) is 1. The first-order chi connectivity index (χ1) is 8.19. The third-order valence-corrected chi connectivity index (χ3v) is 3.08. The van der Waals surface area contributed by atoms with Crippen molar-refractivity contribution in [3.05, 3.63) is 0 Å². The average molecular weight is 242 g/mol. The van der Waals surface area contributed by atoms with Gasteiger partial charge in [-0.2, -0.15) is 0 Å². The van der Waals surface area contributed by atoms with E-state index in [-0.39, 0.29) is 17.9 Å². The van der Waals surface area contributed by atoms with Crippen LogP contribution in [-0.2, 0) is 14.3 Å². The van der Waals surface area contributed by atoms with E-state index in [1.807, 2.05) is 11.8 Å². The maximum absolute atomic E-state index is 11.7. The van der Waals surface area contributed by atoms with Gasteiger partial charge in [0.2, 0.25) is 5.91 Å². The maximum atomic E-state index is 11.7. The van der Waals surface area contributed by atoms with Crippen LogP contribution in [0.4, 0.5) is 0 Å². The monoisotopic (exact) mass is 242 g/mol. The summed E-state index contributed by atoms with van der Waals surface area (Å²) in [4.78, 5) is 24.9. The van der Waals surface area contributed by atoms with Gasteiger partial charge in [0.05, 0.1) is 7.11 Å². The molecule has 1 amide bonds. The highest BCUT2D eigenvalue weighted by atomic mass is 16.5. The molecular formula is C12H22N2O3. The molecule has 1 fully saturated rings. The van der Waals surface area contributed by atoms with Crippen LogP contribution in [0.15, 0.2) is 0 Å². The van der Waals surface area contributed by atoms with Crippen LogP contribution in [0.1, 0.15) is 32.6 Å². The normalized spacial score (nSPS) is 16.9. The fraction of sp³-hybridized carbons (Fsp3) is 0.833. The fourth-order valence-electron chi connectivity index (χ4n) is 2.01. The first-order valence-electron chi connectivity index (χ1n) is 6.28. The van der Waals surface area contributed by atoms with Crippen LogP contribution in [-0.4, -0.2) is 49.6 Å². The lowest BCUT2D eigenvalue weighted by atomic mass is 10.2. The lowest BCUT2D eigenvalue weighted by Gasteiger charge is -2.17. The Labute approximate surface area is 102 Å². The van der Waals surface area contributed by atoms with E-state index in [0.717, 1.165) is 25.9 Å². The summed E-state index contributed by atoms with van der Waals surface area (Å²) in [6.45, 7) is 4.21. The molecule has 0 aromatic carbocycles. The van der Waals surface area contributed by atoms with Gasteiger partial charge in [0.15, 0.2) is 0 Å². The van der Waals surface area contributed by atoms with Crippen LogP contribution in [0.3, 0.4) is 0 Å². The van der Waals surface area contributed by atoms with Crippen LogP contribution in [0.2, 0.25) is 0 Å². The van der Waals surface area contributed by atoms with Gasteiger partial charge in [0.25, 0.3) is 0 Å². The number of carbonyl (C=O) groups is 2. The molecule has 1 atom stereocenters. The minimum absolute atomic E-state index is 0.176. The third-order valence-electron chi connectivity index (χ3n) is 3.08. The Balaban J connectivity index is 2.21. The minimum atomic E-state index is -0.300. The number of methoxy groups -OCH3 is 1. The molecule has 0 aromatic rings. The van der Waals surface area contributed by atoms with Crippen LogP contribution in [0.25, 0.3) is 0 Å². The molecule has 1 unspecified atom stereocenters. The molecule has 0 radical (unpaired) electrons. The summed E-state index contributed by atoms with van der Waals surface area (Å²) in [5.41, 5.74) is 0. The average Bonchev–Trinajstić information content (AvgIpc) is 2.87. The number of nitrogens with zero attached hydrogens (tertiary/aromatic N) is 1. The quantitative estimate of drug-likeness (QED) is 0.691. The minimum Gasteiger partial charge on any atom is -0.468 e. The molecule has 0 aromatic heterocycles. The van der Waals surface area contributed by atoms with Crippen LogP contribution < -0.4 is 5.32 Å². The summed E-state index contributed by atoms with van der Waals surface area (Å²) in [6, 6.07) is -0.300.